The van der Waals surface area contributed by atoms with Gasteiger partial charge in [-0.05, 0) is 43.2 Å². The summed E-state index contributed by atoms with van der Waals surface area (Å²) in [4.78, 5) is 24.8. The fourth-order valence-electron chi connectivity index (χ4n) is 2.70. The highest BCUT2D eigenvalue weighted by Crippen LogP contribution is 2.17. The van der Waals surface area contributed by atoms with Crippen LogP contribution in [0.1, 0.15) is 33.4 Å². The lowest BCUT2D eigenvalue weighted by Gasteiger charge is -2.16. The molecule has 0 saturated carbocycles. The van der Waals surface area contributed by atoms with Crippen molar-refractivity contribution in [2.45, 2.75) is 19.4 Å². The maximum atomic E-state index is 12.6. The Labute approximate surface area is 152 Å². The van der Waals surface area contributed by atoms with E-state index in [0.717, 1.165) is 12.0 Å². The standard InChI is InChI=1S/C21H20N2O3/c1-15(14-16-8-3-2-4-9-16)22-20(24)17-10-5-6-11-18(17)23-21(25)19-12-7-13-26-19/h2-13,15H,14H2,1H3,(H,22,24)(H,23,25)/t15-/m0/s1. The molecule has 1 heterocycles. The van der Waals surface area contributed by atoms with Gasteiger partial charge in [0.05, 0.1) is 17.5 Å². The van der Waals surface area contributed by atoms with Crippen molar-refractivity contribution in [3.05, 3.63) is 89.9 Å². The highest BCUT2D eigenvalue weighted by atomic mass is 16.3. The van der Waals surface area contributed by atoms with Gasteiger partial charge in [-0.15, -0.1) is 0 Å². The van der Waals surface area contributed by atoms with Crippen LogP contribution in [-0.2, 0) is 6.42 Å². The summed E-state index contributed by atoms with van der Waals surface area (Å²) < 4.78 is 5.09. The third kappa shape index (κ3) is 4.39. The maximum absolute atomic E-state index is 12.6. The Morgan fingerprint density at radius 2 is 1.65 bits per heavy atom. The molecule has 2 amide bonds. The van der Waals surface area contributed by atoms with E-state index in [0.29, 0.717) is 11.3 Å². The average Bonchev–Trinajstić information content (AvgIpc) is 3.17. The smallest absolute Gasteiger partial charge is 0.291 e. The molecule has 3 aromatic rings. The molecule has 0 fully saturated rings. The number of carbonyl (C=O) groups is 2. The second-order valence-corrected chi connectivity index (χ2v) is 6.04. The fourth-order valence-corrected chi connectivity index (χ4v) is 2.70. The molecule has 5 nitrogen and oxygen atoms in total. The number of anilines is 1. The molecular formula is C21H20N2O3. The highest BCUT2D eigenvalue weighted by molar-refractivity contribution is 6.07. The first-order valence-corrected chi connectivity index (χ1v) is 8.42. The number of hydrogen-bond donors (Lipinski definition) is 2. The van der Waals surface area contributed by atoms with Gasteiger partial charge in [-0.3, -0.25) is 9.59 Å². The Bertz CT molecular complexity index is 873. The third-order valence-corrected chi connectivity index (χ3v) is 3.93. The van der Waals surface area contributed by atoms with Crippen molar-refractivity contribution in [2.75, 3.05) is 5.32 Å². The molecule has 0 bridgehead atoms. The molecule has 0 radical (unpaired) electrons. The average molecular weight is 348 g/mol. The Morgan fingerprint density at radius 3 is 2.38 bits per heavy atom. The molecule has 0 unspecified atom stereocenters. The number of rotatable bonds is 6. The van der Waals surface area contributed by atoms with Crippen LogP contribution >= 0.6 is 0 Å². The number of benzene rings is 2. The molecular weight excluding hydrogens is 328 g/mol. The lowest BCUT2D eigenvalue weighted by molar-refractivity contribution is 0.0941. The van der Waals surface area contributed by atoms with E-state index >= 15 is 0 Å². The summed E-state index contributed by atoms with van der Waals surface area (Å²) in [5, 5.41) is 5.70. The van der Waals surface area contributed by atoms with Crippen LogP contribution in [0, 0.1) is 0 Å². The van der Waals surface area contributed by atoms with Crippen molar-refractivity contribution in [1.29, 1.82) is 0 Å². The van der Waals surface area contributed by atoms with Gasteiger partial charge >= 0.3 is 0 Å². The van der Waals surface area contributed by atoms with Gasteiger partial charge < -0.3 is 15.1 Å². The van der Waals surface area contributed by atoms with E-state index < -0.39 is 5.91 Å². The van der Waals surface area contributed by atoms with Gasteiger partial charge in [0, 0.05) is 6.04 Å². The normalized spacial score (nSPS) is 11.6. The van der Waals surface area contributed by atoms with E-state index in [1.165, 1.54) is 6.26 Å². The molecule has 1 atom stereocenters. The maximum Gasteiger partial charge on any atom is 0.291 e. The molecule has 0 spiro atoms. The molecule has 0 aliphatic carbocycles. The summed E-state index contributed by atoms with van der Waals surface area (Å²) in [6.45, 7) is 1.95. The lowest BCUT2D eigenvalue weighted by Crippen LogP contribution is -2.34. The van der Waals surface area contributed by atoms with Crippen molar-refractivity contribution < 1.29 is 14.0 Å². The van der Waals surface area contributed by atoms with Gasteiger partial charge in [0.1, 0.15) is 0 Å². The van der Waals surface area contributed by atoms with E-state index in [4.69, 9.17) is 4.42 Å². The number of amides is 2. The summed E-state index contributed by atoms with van der Waals surface area (Å²) in [6, 6.07) is 20.0. The predicted octanol–water partition coefficient (Wildman–Crippen LogP) is 3.89. The van der Waals surface area contributed by atoms with Crippen molar-refractivity contribution >= 4 is 17.5 Å². The Kier molecular flexibility index (Phi) is 5.49. The van der Waals surface area contributed by atoms with Gasteiger partial charge in [-0.2, -0.15) is 0 Å². The number of nitrogens with one attached hydrogen (secondary N) is 2. The van der Waals surface area contributed by atoms with Crippen LogP contribution in [0.2, 0.25) is 0 Å². The molecule has 0 saturated heterocycles. The molecule has 2 N–H and O–H groups in total. The van der Waals surface area contributed by atoms with E-state index in [1.807, 2.05) is 37.3 Å². The zero-order valence-electron chi connectivity index (χ0n) is 14.4. The predicted molar refractivity (Wildman–Crippen MR) is 100 cm³/mol. The Balaban J connectivity index is 1.68. The minimum absolute atomic E-state index is 0.0428. The second-order valence-electron chi connectivity index (χ2n) is 6.04. The molecule has 2 aromatic carbocycles. The molecule has 26 heavy (non-hydrogen) atoms. The molecule has 5 heteroatoms. The summed E-state index contributed by atoms with van der Waals surface area (Å²) in [5.74, 6) is -0.436. The van der Waals surface area contributed by atoms with Gasteiger partial charge in [0.15, 0.2) is 5.76 Å². The zero-order valence-corrected chi connectivity index (χ0v) is 14.4. The lowest BCUT2D eigenvalue weighted by atomic mass is 10.1. The van der Waals surface area contributed by atoms with Crippen LogP contribution in [0.4, 0.5) is 5.69 Å². The SMILES string of the molecule is C[C@@H](Cc1ccccc1)NC(=O)c1ccccc1NC(=O)c1ccco1. The van der Waals surface area contributed by atoms with E-state index in [9.17, 15) is 9.59 Å². The highest BCUT2D eigenvalue weighted by Gasteiger charge is 2.17. The monoisotopic (exact) mass is 348 g/mol. The van der Waals surface area contributed by atoms with Crippen molar-refractivity contribution in [3.8, 4) is 0 Å². The number of furan rings is 1. The fraction of sp³-hybridized carbons (Fsp3) is 0.143. The van der Waals surface area contributed by atoms with Crippen LogP contribution < -0.4 is 10.6 Å². The van der Waals surface area contributed by atoms with Crippen molar-refractivity contribution in [3.63, 3.8) is 0 Å². The second kappa shape index (κ2) is 8.16. The van der Waals surface area contributed by atoms with Crippen LogP contribution in [0.25, 0.3) is 0 Å². The van der Waals surface area contributed by atoms with Gasteiger partial charge in [0.25, 0.3) is 11.8 Å². The van der Waals surface area contributed by atoms with Gasteiger partial charge in [0.2, 0.25) is 0 Å². The van der Waals surface area contributed by atoms with E-state index in [-0.39, 0.29) is 17.7 Å². The first kappa shape index (κ1) is 17.5. The minimum Gasteiger partial charge on any atom is -0.459 e. The van der Waals surface area contributed by atoms with Crippen molar-refractivity contribution in [1.82, 2.24) is 5.32 Å². The third-order valence-electron chi connectivity index (χ3n) is 3.93. The zero-order chi connectivity index (χ0) is 18.4. The summed E-state index contributed by atoms with van der Waals surface area (Å²) in [5.41, 5.74) is 2.00. The van der Waals surface area contributed by atoms with Gasteiger partial charge in [-0.25, -0.2) is 0 Å². The number of para-hydroxylation sites is 1. The van der Waals surface area contributed by atoms with E-state index in [1.54, 1.807) is 36.4 Å². The molecule has 0 aliphatic heterocycles. The van der Waals surface area contributed by atoms with Gasteiger partial charge in [-0.1, -0.05) is 42.5 Å². The molecule has 1 aromatic heterocycles. The molecule has 132 valence electrons. The Hall–Kier alpha value is -3.34. The Morgan fingerprint density at radius 1 is 0.923 bits per heavy atom. The summed E-state index contributed by atoms with van der Waals surface area (Å²) in [6.07, 6.45) is 2.16. The van der Waals surface area contributed by atoms with Crippen LogP contribution in [0.5, 0.6) is 0 Å². The first-order valence-electron chi connectivity index (χ1n) is 8.42. The summed E-state index contributed by atoms with van der Waals surface area (Å²) in [7, 11) is 0. The van der Waals surface area contributed by atoms with Crippen LogP contribution in [0.15, 0.2) is 77.4 Å². The quantitative estimate of drug-likeness (QED) is 0.710. The van der Waals surface area contributed by atoms with Crippen LogP contribution in [0.3, 0.4) is 0 Å². The summed E-state index contributed by atoms with van der Waals surface area (Å²) >= 11 is 0. The largest absolute Gasteiger partial charge is 0.459 e. The number of hydrogen-bond acceptors (Lipinski definition) is 3. The molecule has 0 aliphatic rings. The molecule has 3 rings (SSSR count). The van der Waals surface area contributed by atoms with Crippen molar-refractivity contribution in [2.24, 2.45) is 0 Å². The first-order chi connectivity index (χ1) is 12.6. The minimum atomic E-state index is -0.396. The van der Waals surface area contributed by atoms with E-state index in [2.05, 4.69) is 10.6 Å². The number of carbonyl (C=O) groups excluding carboxylic acids is 2. The van der Waals surface area contributed by atoms with Crippen LogP contribution in [-0.4, -0.2) is 17.9 Å². The topological polar surface area (TPSA) is 71.3 Å².